The molecule has 0 aromatic heterocycles. The lowest BCUT2D eigenvalue weighted by molar-refractivity contribution is -0.101. The largest absolute Gasteiger partial charge is 0.506 e. The summed E-state index contributed by atoms with van der Waals surface area (Å²) in [6.45, 7) is 3.69. The zero-order valence-corrected chi connectivity index (χ0v) is 18.0. The molecule has 0 saturated carbocycles. The van der Waals surface area contributed by atoms with Crippen molar-refractivity contribution in [1.29, 1.82) is 0 Å². The fourth-order valence-electron chi connectivity index (χ4n) is 3.04. The first kappa shape index (κ1) is 25.2. The molecule has 0 spiro atoms. The predicted octanol–water partition coefficient (Wildman–Crippen LogP) is 2.36. The summed E-state index contributed by atoms with van der Waals surface area (Å²) in [5.41, 5.74) is 0.886. The molecule has 6 N–H and O–H groups in total. The molecule has 0 aliphatic rings. The van der Waals surface area contributed by atoms with Crippen LogP contribution in [0.3, 0.4) is 0 Å². The molecule has 0 aliphatic heterocycles. The summed E-state index contributed by atoms with van der Waals surface area (Å²) in [5.74, 6) is -1.62. The molecule has 0 saturated heterocycles. The highest BCUT2D eigenvalue weighted by molar-refractivity contribution is 5.63. The van der Waals surface area contributed by atoms with E-state index in [-0.39, 0.29) is 24.7 Å². The summed E-state index contributed by atoms with van der Waals surface area (Å²) >= 11 is 0. The lowest BCUT2D eigenvalue weighted by atomic mass is 9.97. The van der Waals surface area contributed by atoms with Crippen molar-refractivity contribution in [3.05, 3.63) is 83.3 Å². The van der Waals surface area contributed by atoms with E-state index in [0.717, 1.165) is 0 Å². The van der Waals surface area contributed by atoms with Crippen molar-refractivity contribution >= 4 is 11.5 Å². The van der Waals surface area contributed by atoms with Crippen LogP contribution in [0.1, 0.15) is 25.0 Å². The second-order valence-corrected chi connectivity index (χ2v) is 6.90. The Labute approximate surface area is 186 Å². The Bertz CT molecular complexity index is 819. The van der Waals surface area contributed by atoms with Crippen molar-refractivity contribution < 1.29 is 40.1 Å². The van der Waals surface area contributed by atoms with Gasteiger partial charge in [-0.25, -0.2) is 0 Å². The van der Waals surface area contributed by atoms with E-state index in [9.17, 15) is 30.6 Å². The molecular weight excluding hydrogens is 416 g/mol. The maximum absolute atomic E-state index is 10.5. The van der Waals surface area contributed by atoms with Gasteiger partial charge in [-0.2, -0.15) is 0 Å². The van der Waals surface area contributed by atoms with Gasteiger partial charge in [-0.3, -0.25) is 0 Å². The summed E-state index contributed by atoms with van der Waals surface area (Å²) in [5, 5.41) is 62.9. The van der Waals surface area contributed by atoms with Gasteiger partial charge in [-0.1, -0.05) is 60.7 Å². The van der Waals surface area contributed by atoms with Crippen LogP contribution in [-0.4, -0.2) is 68.3 Å². The van der Waals surface area contributed by atoms with Crippen LogP contribution >= 0.6 is 0 Å². The van der Waals surface area contributed by atoms with E-state index in [2.05, 4.69) is 0 Å². The topological polar surface area (TPSA) is 140 Å². The Balaban J connectivity index is 2.33. The van der Waals surface area contributed by atoms with Gasteiger partial charge in [0.15, 0.2) is 23.0 Å². The fraction of sp³-hybridized carbons (Fsp3) is 0.333. The number of aliphatic hydroxyl groups is 6. The average molecular weight is 446 g/mol. The van der Waals surface area contributed by atoms with Crippen molar-refractivity contribution in [2.45, 2.75) is 38.3 Å². The SMILES string of the molecule is CCOC(=C(O)[C@@H](O)[C@@H](O)[C@H](O)[C@@H](O)C(O)=C(OCC)c1ccccc1)c1ccccc1. The van der Waals surface area contributed by atoms with Gasteiger partial charge in [0.2, 0.25) is 0 Å². The maximum Gasteiger partial charge on any atom is 0.166 e. The van der Waals surface area contributed by atoms with Crippen LogP contribution in [0, 0.1) is 0 Å². The summed E-state index contributed by atoms with van der Waals surface area (Å²) in [4.78, 5) is 0. The zero-order chi connectivity index (χ0) is 23.7. The van der Waals surface area contributed by atoms with Gasteiger partial charge in [0, 0.05) is 11.1 Å². The smallest absolute Gasteiger partial charge is 0.166 e. The zero-order valence-electron chi connectivity index (χ0n) is 18.0. The maximum atomic E-state index is 10.5. The normalized spacial score (nSPS) is 16.8. The van der Waals surface area contributed by atoms with Crippen LogP contribution in [0.15, 0.2) is 72.2 Å². The third-order valence-corrected chi connectivity index (χ3v) is 4.67. The Morgan fingerprint density at radius 1 is 0.625 bits per heavy atom. The highest BCUT2D eigenvalue weighted by atomic mass is 16.5. The Morgan fingerprint density at radius 2 is 0.938 bits per heavy atom. The highest BCUT2D eigenvalue weighted by Gasteiger charge is 2.37. The fourth-order valence-corrected chi connectivity index (χ4v) is 3.04. The van der Waals surface area contributed by atoms with Crippen molar-refractivity contribution in [2.24, 2.45) is 0 Å². The van der Waals surface area contributed by atoms with Crippen LogP contribution in [0.25, 0.3) is 11.5 Å². The first-order valence-electron chi connectivity index (χ1n) is 10.3. The van der Waals surface area contributed by atoms with E-state index >= 15 is 0 Å². The van der Waals surface area contributed by atoms with Crippen LogP contribution in [-0.2, 0) is 9.47 Å². The summed E-state index contributed by atoms with van der Waals surface area (Å²) in [6, 6.07) is 16.8. The molecule has 8 heteroatoms. The van der Waals surface area contributed by atoms with Crippen LogP contribution in [0.5, 0.6) is 0 Å². The number of hydrogen-bond acceptors (Lipinski definition) is 8. The highest BCUT2D eigenvalue weighted by Crippen LogP contribution is 2.26. The minimum absolute atomic E-state index is 0.0830. The second-order valence-electron chi connectivity index (χ2n) is 6.90. The second kappa shape index (κ2) is 12.1. The monoisotopic (exact) mass is 446 g/mol. The third kappa shape index (κ3) is 6.02. The Kier molecular flexibility index (Phi) is 9.55. The van der Waals surface area contributed by atoms with Gasteiger partial charge in [0.05, 0.1) is 13.2 Å². The molecule has 2 aromatic rings. The summed E-state index contributed by atoms with van der Waals surface area (Å²) in [7, 11) is 0. The molecule has 8 nitrogen and oxygen atoms in total. The van der Waals surface area contributed by atoms with E-state index < -0.39 is 35.9 Å². The number of aliphatic hydroxyl groups excluding tert-OH is 6. The standard InChI is InChI=1S/C24H30O8/c1-3-31-23(15-11-7-5-8-12-15)21(29)19(27)17(25)18(26)20(28)22(30)24(32-4-2)16-13-9-6-10-14-16/h5-14,17-20,25-30H,3-4H2,1-2H3/t17-,18-,19-,20+/m0/s1. The van der Waals surface area contributed by atoms with Crippen molar-refractivity contribution in [3.8, 4) is 0 Å². The molecule has 174 valence electrons. The van der Waals surface area contributed by atoms with E-state index in [0.29, 0.717) is 11.1 Å². The summed E-state index contributed by atoms with van der Waals surface area (Å²) < 4.78 is 10.8. The first-order chi connectivity index (χ1) is 15.3. The van der Waals surface area contributed by atoms with E-state index in [4.69, 9.17) is 9.47 Å². The minimum Gasteiger partial charge on any atom is -0.506 e. The molecule has 2 aromatic carbocycles. The van der Waals surface area contributed by atoms with Crippen LogP contribution in [0.4, 0.5) is 0 Å². The van der Waals surface area contributed by atoms with Crippen LogP contribution < -0.4 is 0 Å². The molecule has 0 bridgehead atoms. The van der Waals surface area contributed by atoms with Crippen LogP contribution in [0.2, 0.25) is 0 Å². The quantitative estimate of drug-likeness (QED) is 0.289. The molecule has 4 atom stereocenters. The molecule has 2 rings (SSSR count). The molecule has 0 fully saturated rings. The number of ether oxygens (including phenoxy) is 2. The predicted molar refractivity (Wildman–Crippen MR) is 119 cm³/mol. The van der Waals surface area contributed by atoms with Gasteiger partial charge < -0.3 is 40.1 Å². The molecular formula is C24H30O8. The lowest BCUT2D eigenvalue weighted by Crippen LogP contribution is -2.46. The summed E-state index contributed by atoms with van der Waals surface area (Å²) in [6.07, 6.45) is -8.15. The number of hydrogen-bond donors (Lipinski definition) is 6. The molecule has 32 heavy (non-hydrogen) atoms. The van der Waals surface area contributed by atoms with E-state index in [1.54, 1.807) is 74.5 Å². The van der Waals surface area contributed by atoms with Gasteiger partial charge >= 0.3 is 0 Å². The van der Waals surface area contributed by atoms with Gasteiger partial charge in [0.25, 0.3) is 0 Å². The lowest BCUT2D eigenvalue weighted by Gasteiger charge is -2.27. The van der Waals surface area contributed by atoms with Gasteiger partial charge in [-0.05, 0) is 13.8 Å². The minimum atomic E-state index is -2.06. The molecule has 0 heterocycles. The van der Waals surface area contributed by atoms with Crippen molar-refractivity contribution in [3.63, 3.8) is 0 Å². The Hall–Kier alpha value is -3.04. The van der Waals surface area contributed by atoms with Crippen molar-refractivity contribution in [1.82, 2.24) is 0 Å². The first-order valence-corrected chi connectivity index (χ1v) is 10.3. The molecule has 0 amide bonds. The molecule has 0 unspecified atom stereocenters. The van der Waals surface area contributed by atoms with Crippen molar-refractivity contribution in [2.75, 3.05) is 13.2 Å². The van der Waals surface area contributed by atoms with Gasteiger partial charge in [0.1, 0.15) is 24.4 Å². The van der Waals surface area contributed by atoms with E-state index in [1.807, 2.05) is 0 Å². The van der Waals surface area contributed by atoms with Gasteiger partial charge in [-0.15, -0.1) is 0 Å². The average Bonchev–Trinajstić information content (AvgIpc) is 2.84. The Morgan fingerprint density at radius 3 is 1.22 bits per heavy atom. The third-order valence-electron chi connectivity index (χ3n) is 4.67. The molecule has 0 radical (unpaired) electrons. The number of benzene rings is 2. The number of rotatable bonds is 11. The van der Waals surface area contributed by atoms with E-state index in [1.165, 1.54) is 0 Å². The molecule has 0 aliphatic carbocycles.